The van der Waals surface area contributed by atoms with Gasteiger partial charge in [-0.15, -0.1) is 0 Å². The van der Waals surface area contributed by atoms with Gasteiger partial charge in [0.2, 0.25) is 11.8 Å². The lowest BCUT2D eigenvalue weighted by Gasteiger charge is -2.21. The fourth-order valence-electron chi connectivity index (χ4n) is 2.49. The number of carbonyl (C=O) groups excluding carboxylic acids is 2. The van der Waals surface area contributed by atoms with Gasteiger partial charge in [0.1, 0.15) is 0 Å². The van der Waals surface area contributed by atoms with Crippen LogP contribution in [0.25, 0.3) is 0 Å². The molecular weight excluding hydrogens is 328 g/mol. The topological polar surface area (TPSA) is 107 Å². The van der Waals surface area contributed by atoms with Crippen LogP contribution in [0.5, 0.6) is 0 Å². The van der Waals surface area contributed by atoms with Crippen molar-refractivity contribution in [3.05, 3.63) is 22.3 Å². The summed E-state index contributed by atoms with van der Waals surface area (Å²) in [4.78, 5) is 47.1. The summed E-state index contributed by atoms with van der Waals surface area (Å²) in [6.45, 7) is 4.93. The van der Waals surface area contributed by atoms with Crippen molar-refractivity contribution in [2.24, 2.45) is 9.98 Å². The summed E-state index contributed by atoms with van der Waals surface area (Å²) in [5, 5.41) is 8.56. The lowest BCUT2D eigenvalue weighted by Crippen LogP contribution is -2.26. The zero-order valence-corrected chi connectivity index (χ0v) is 15.2. The van der Waals surface area contributed by atoms with Crippen molar-refractivity contribution in [1.82, 2.24) is 0 Å². The fraction of sp³-hybridized carbons (Fsp3) is 0.529. The van der Waals surface area contributed by atoms with Crippen LogP contribution in [-0.4, -0.2) is 49.3 Å². The predicted molar refractivity (Wildman–Crippen MR) is 92.4 cm³/mol. The Morgan fingerprint density at radius 2 is 1.84 bits per heavy atom. The minimum atomic E-state index is -0.239. The second kappa shape index (κ2) is 9.85. The van der Waals surface area contributed by atoms with Gasteiger partial charge < -0.3 is 9.78 Å². The van der Waals surface area contributed by atoms with Crippen LogP contribution < -0.4 is 0 Å². The van der Waals surface area contributed by atoms with Crippen LogP contribution in [0.2, 0.25) is 0 Å². The Morgan fingerprint density at radius 3 is 2.36 bits per heavy atom. The Bertz CT molecular complexity index is 658. The van der Waals surface area contributed by atoms with Gasteiger partial charge in [0.25, 0.3) is 0 Å². The number of aliphatic imine (C=N–C) groups is 2. The third-order valence-electron chi connectivity index (χ3n) is 3.83. The molecule has 138 valence electrons. The number of allylic oxidation sites excluding steroid dienone is 2. The van der Waals surface area contributed by atoms with Gasteiger partial charge >= 0.3 is 0 Å². The van der Waals surface area contributed by atoms with E-state index in [2.05, 4.69) is 19.8 Å². The molecule has 1 N–H and O–H groups in total. The lowest BCUT2D eigenvalue weighted by atomic mass is 9.81. The van der Waals surface area contributed by atoms with Gasteiger partial charge in [-0.1, -0.05) is 13.3 Å². The maximum absolute atomic E-state index is 12.9. The molecule has 0 spiro atoms. The average Bonchev–Trinajstić information content (AvgIpc) is 2.61. The monoisotopic (exact) mass is 352 g/mol. The average molecular weight is 352 g/mol. The molecule has 0 fully saturated rings. The highest BCUT2D eigenvalue weighted by Gasteiger charge is 2.32. The molecule has 0 bridgehead atoms. The number of Topliss-reactive ketones (excluding diaryl/α,β-unsaturated/α-hetero) is 2. The number of hydrogen-bond acceptors (Lipinski definition) is 8. The molecule has 1 aliphatic carbocycles. The zero-order chi connectivity index (χ0) is 19.0. The van der Waals surface area contributed by atoms with Crippen LogP contribution in [0.3, 0.4) is 0 Å². The van der Waals surface area contributed by atoms with E-state index in [1.807, 2.05) is 6.92 Å². The minimum Gasteiger partial charge on any atom is -0.325 e. The first-order valence-electron chi connectivity index (χ1n) is 7.91. The van der Waals surface area contributed by atoms with E-state index < -0.39 is 0 Å². The molecule has 0 saturated carbocycles. The number of ketones is 2. The van der Waals surface area contributed by atoms with E-state index in [0.717, 1.165) is 0 Å². The first kappa shape index (κ1) is 20.7. The largest absolute Gasteiger partial charge is 0.325 e. The molecular formula is C17H24N2O6. The quantitative estimate of drug-likeness (QED) is 0.248. The van der Waals surface area contributed by atoms with Crippen LogP contribution in [0, 0.1) is 0 Å². The molecule has 0 aliphatic heterocycles. The molecule has 0 amide bonds. The minimum absolute atomic E-state index is 0.0151. The van der Waals surface area contributed by atoms with Crippen molar-refractivity contribution >= 4 is 23.4 Å². The number of nitrogens with zero attached hydrogens (tertiary/aromatic N) is 2. The van der Waals surface area contributed by atoms with Crippen molar-refractivity contribution in [3.8, 4) is 0 Å². The molecule has 8 heteroatoms. The molecule has 1 aliphatic rings. The Kier molecular flexibility index (Phi) is 8.17. The van der Waals surface area contributed by atoms with Gasteiger partial charge in [0.15, 0.2) is 11.6 Å². The van der Waals surface area contributed by atoms with Gasteiger partial charge in [-0.05, 0) is 13.3 Å². The predicted octanol–water partition coefficient (Wildman–Crippen LogP) is 2.46. The first-order chi connectivity index (χ1) is 11.9. The van der Waals surface area contributed by atoms with Gasteiger partial charge in [-0.25, -0.2) is 10.2 Å². The Morgan fingerprint density at radius 1 is 1.16 bits per heavy atom. The highest BCUT2D eigenvalue weighted by molar-refractivity contribution is 6.26. The third kappa shape index (κ3) is 5.07. The molecule has 0 aromatic heterocycles. The Balaban J connectivity index is 3.26. The summed E-state index contributed by atoms with van der Waals surface area (Å²) >= 11 is 0. The van der Waals surface area contributed by atoms with E-state index in [0.29, 0.717) is 35.1 Å². The maximum Gasteiger partial charge on any atom is 0.231 e. The van der Waals surface area contributed by atoms with Crippen molar-refractivity contribution in [2.45, 2.75) is 40.0 Å². The van der Waals surface area contributed by atoms with Crippen molar-refractivity contribution in [2.75, 3.05) is 20.7 Å². The Labute approximate surface area is 146 Å². The SMILES string of the molecule is CCCC1=C(CC(=NC)OOC)C(=O)C(C)=C(CN=C(C)OO)C1=O. The lowest BCUT2D eigenvalue weighted by molar-refractivity contribution is -0.195. The summed E-state index contributed by atoms with van der Waals surface area (Å²) in [6, 6.07) is 0. The molecule has 25 heavy (non-hydrogen) atoms. The smallest absolute Gasteiger partial charge is 0.231 e. The van der Waals surface area contributed by atoms with Crippen LogP contribution in [0.1, 0.15) is 40.0 Å². The molecule has 0 radical (unpaired) electrons. The van der Waals surface area contributed by atoms with Crippen molar-refractivity contribution < 1.29 is 29.5 Å². The summed E-state index contributed by atoms with van der Waals surface area (Å²) < 4.78 is 0. The van der Waals surface area contributed by atoms with E-state index in [4.69, 9.17) is 10.1 Å². The molecule has 0 heterocycles. The van der Waals surface area contributed by atoms with E-state index in [1.165, 1.54) is 21.1 Å². The van der Waals surface area contributed by atoms with E-state index in [9.17, 15) is 9.59 Å². The number of carbonyl (C=O) groups is 2. The van der Waals surface area contributed by atoms with Crippen molar-refractivity contribution in [1.29, 1.82) is 0 Å². The van der Waals surface area contributed by atoms with E-state index in [1.54, 1.807) is 6.92 Å². The molecule has 0 atom stereocenters. The van der Waals surface area contributed by atoms with Gasteiger partial charge in [-0.3, -0.25) is 14.6 Å². The Hall–Kier alpha value is -2.32. The summed E-state index contributed by atoms with van der Waals surface area (Å²) in [6.07, 6.45) is 1.24. The summed E-state index contributed by atoms with van der Waals surface area (Å²) in [7, 11) is 2.86. The van der Waals surface area contributed by atoms with Crippen LogP contribution in [0.15, 0.2) is 32.3 Å². The molecule has 0 unspecified atom stereocenters. The number of rotatable bonds is 7. The van der Waals surface area contributed by atoms with Gasteiger partial charge in [0.05, 0.1) is 20.1 Å². The van der Waals surface area contributed by atoms with E-state index in [-0.39, 0.29) is 36.3 Å². The molecule has 0 saturated heterocycles. The number of hydrogen-bond donors (Lipinski definition) is 1. The highest BCUT2D eigenvalue weighted by Crippen LogP contribution is 2.30. The summed E-state index contributed by atoms with van der Waals surface area (Å²) in [5.41, 5.74) is 1.43. The molecule has 1 rings (SSSR count). The van der Waals surface area contributed by atoms with Gasteiger partial charge in [0, 0.05) is 36.3 Å². The van der Waals surface area contributed by atoms with Crippen LogP contribution >= 0.6 is 0 Å². The second-order valence-electron chi connectivity index (χ2n) is 5.44. The second-order valence-corrected chi connectivity index (χ2v) is 5.44. The maximum atomic E-state index is 12.9. The third-order valence-corrected chi connectivity index (χ3v) is 3.83. The first-order valence-corrected chi connectivity index (χ1v) is 7.91. The molecule has 8 nitrogen and oxygen atoms in total. The summed E-state index contributed by atoms with van der Waals surface area (Å²) in [5.74, 6) is -0.236. The van der Waals surface area contributed by atoms with Crippen LogP contribution in [-0.2, 0) is 24.3 Å². The fourth-order valence-corrected chi connectivity index (χ4v) is 2.49. The zero-order valence-electron chi connectivity index (χ0n) is 15.2. The molecule has 0 aromatic rings. The standard InChI is InChI=1S/C17H24N2O6/c1-6-7-12-13(8-15(18-4)25-23-5)16(20)10(2)14(17(12)21)9-19-11(3)24-22/h22H,6-9H2,1-5H3. The normalized spacial score (nSPS) is 16.7. The molecule has 0 aromatic carbocycles. The van der Waals surface area contributed by atoms with Gasteiger partial charge in [-0.2, -0.15) is 4.89 Å². The van der Waals surface area contributed by atoms with Crippen LogP contribution in [0.4, 0.5) is 0 Å². The van der Waals surface area contributed by atoms with E-state index >= 15 is 0 Å². The highest BCUT2D eigenvalue weighted by atomic mass is 17.2. The van der Waals surface area contributed by atoms with Crippen molar-refractivity contribution in [3.63, 3.8) is 0 Å².